The maximum absolute atomic E-state index is 13.8. The van der Waals surface area contributed by atoms with E-state index in [1.54, 1.807) is 56.3 Å². The number of nitrogens with zero attached hydrogens (tertiary/aromatic N) is 2. The van der Waals surface area contributed by atoms with Crippen LogP contribution < -0.4 is 24.4 Å². The highest BCUT2D eigenvalue weighted by molar-refractivity contribution is 7.07. The van der Waals surface area contributed by atoms with Gasteiger partial charge in [-0.1, -0.05) is 58.8 Å². The minimum atomic E-state index is -0.844. The van der Waals surface area contributed by atoms with Crippen molar-refractivity contribution < 1.29 is 23.4 Å². The molecule has 0 unspecified atom stereocenters. The summed E-state index contributed by atoms with van der Waals surface area (Å²) in [5, 5.41) is 0.886. The molecule has 1 aliphatic heterocycles. The molecule has 216 valence electrons. The topological polar surface area (TPSA) is 79.1 Å². The SMILES string of the molecule is CCOC(=O)C1=C(C)N=c2s/c(=C\c3cc(Cl)c(OCc4cccc(Cl)c4)c(OC)c3)c(=O)n2[C@H]1c1ccc(F)cc1. The Morgan fingerprint density at radius 3 is 2.60 bits per heavy atom. The van der Waals surface area contributed by atoms with Crippen LogP contribution in [0.25, 0.3) is 6.08 Å². The van der Waals surface area contributed by atoms with Crippen LogP contribution in [0.4, 0.5) is 4.39 Å². The number of carbonyl (C=O) groups is 1. The molecule has 0 spiro atoms. The molecule has 11 heteroatoms. The third-order valence-electron chi connectivity index (χ3n) is 6.52. The van der Waals surface area contributed by atoms with Crippen LogP contribution in [0, 0.1) is 5.82 Å². The van der Waals surface area contributed by atoms with Crippen molar-refractivity contribution in [2.45, 2.75) is 26.5 Å². The number of carbonyl (C=O) groups excluding carboxylic acids is 1. The van der Waals surface area contributed by atoms with Gasteiger partial charge >= 0.3 is 5.97 Å². The summed E-state index contributed by atoms with van der Waals surface area (Å²) in [4.78, 5) is 31.8. The lowest BCUT2D eigenvalue weighted by Crippen LogP contribution is -2.39. The average molecular weight is 628 g/mol. The van der Waals surface area contributed by atoms with Gasteiger partial charge in [0, 0.05) is 5.02 Å². The normalized spacial score (nSPS) is 14.8. The quantitative estimate of drug-likeness (QED) is 0.230. The molecule has 0 amide bonds. The van der Waals surface area contributed by atoms with Crippen molar-refractivity contribution in [2.24, 2.45) is 4.99 Å². The Balaban J connectivity index is 1.57. The van der Waals surface area contributed by atoms with Crippen LogP contribution in [0.5, 0.6) is 11.5 Å². The number of hydrogen-bond donors (Lipinski definition) is 0. The predicted molar refractivity (Wildman–Crippen MR) is 161 cm³/mol. The van der Waals surface area contributed by atoms with Gasteiger partial charge in [0.15, 0.2) is 16.3 Å². The van der Waals surface area contributed by atoms with Crippen molar-refractivity contribution in [3.05, 3.63) is 124 Å². The molecular weight excluding hydrogens is 602 g/mol. The highest BCUT2D eigenvalue weighted by Crippen LogP contribution is 2.37. The lowest BCUT2D eigenvalue weighted by Gasteiger charge is -2.24. The second-order valence-corrected chi connectivity index (χ2v) is 11.2. The molecule has 3 aromatic carbocycles. The summed E-state index contributed by atoms with van der Waals surface area (Å²) >= 11 is 13.8. The molecule has 5 rings (SSSR count). The molecule has 0 radical (unpaired) electrons. The van der Waals surface area contributed by atoms with Gasteiger partial charge in [0.1, 0.15) is 12.4 Å². The van der Waals surface area contributed by atoms with Crippen molar-refractivity contribution >= 4 is 46.6 Å². The van der Waals surface area contributed by atoms with Gasteiger partial charge in [-0.3, -0.25) is 9.36 Å². The summed E-state index contributed by atoms with van der Waals surface area (Å²) in [5.41, 5.74) is 2.26. The van der Waals surface area contributed by atoms with E-state index in [-0.39, 0.29) is 24.3 Å². The molecule has 0 N–H and O–H groups in total. The van der Waals surface area contributed by atoms with Crippen LogP contribution in [-0.4, -0.2) is 24.3 Å². The Hall–Kier alpha value is -3.92. The van der Waals surface area contributed by atoms with Gasteiger partial charge in [0.2, 0.25) is 0 Å². The smallest absolute Gasteiger partial charge is 0.338 e. The first-order chi connectivity index (χ1) is 20.2. The maximum Gasteiger partial charge on any atom is 0.338 e. The molecule has 0 saturated carbocycles. The highest BCUT2D eigenvalue weighted by Gasteiger charge is 2.33. The van der Waals surface area contributed by atoms with E-state index >= 15 is 0 Å². The third-order valence-corrected chi connectivity index (χ3v) is 8.02. The second-order valence-electron chi connectivity index (χ2n) is 9.31. The number of methoxy groups -OCH3 is 1. The number of fused-ring (bicyclic) bond motifs is 1. The number of hydrogen-bond acceptors (Lipinski definition) is 7. The first-order valence-corrected chi connectivity index (χ1v) is 14.5. The molecular formula is C31H25Cl2FN2O5S. The summed E-state index contributed by atoms with van der Waals surface area (Å²) in [6.07, 6.45) is 1.67. The van der Waals surface area contributed by atoms with E-state index in [2.05, 4.69) is 4.99 Å². The number of allylic oxidation sites excluding steroid dienone is 1. The van der Waals surface area contributed by atoms with Gasteiger partial charge in [-0.25, -0.2) is 14.2 Å². The largest absolute Gasteiger partial charge is 0.493 e. The minimum Gasteiger partial charge on any atom is -0.493 e. The van der Waals surface area contributed by atoms with Gasteiger partial charge in [0.25, 0.3) is 5.56 Å². The zero-order valence-electron chi connectivity index (χ0n) is 22.8. The zero-order chi connectivity index (χ0) is 30.0. The predicted octanol–water partition coefficient (Wildman–Crippen LogP) is 5.83. The Morgan fingerprint density at radius 1 is 1.14 bits per heavy atom. The molecule has 7 nitrogen and oxygen atoms in total. The van der Waals surface area contributed by atoms with Crippen LogP contribution in [-0.2, 0) is 16.1 Å². The van der Waals surface area contributed by atoms with Crippen LogP contribution in [0.1, 0.15) is 36.6 Å². The molecule has 1 aliphatic rings. The van der Waals surface area contributed by atoms with Gasteiger partial charge in [0.05, 0.1) is 40.6 Å². The fourth-order valence-electron chi connectivity index (χ4n) is 4.65. The van der Waals surface area contributed by atoms with Crippen LogP contribution in [0.15, 0.2) is 81.7 Å². The lowest BCUT2D eigenvalue weighted by molar-refractivity contribution is -0.139. The molecule has 1 aromatic heterocycles. The monoisotopic (exact) mass is 626 g/mol. The lowest BCUT2D eigenvalue weighted by atomic mass is 9.96. The number of ether oxygens (including phenoxy) is 3. The standard InChI is InChI=1S/C31H25Cl2FN2O5S/c1-4-40-30(38)26-17(2)35-31-36(27(26)20-8-10-22(34)11-9-20)29(37)25(42-31)15-19-13-23(33)28(24(14-19)39-3)41-16-18-6-5-7-21(32)12-18/h5-15,27H,4,16H2,1-3H3/b25-15-/t27-/m0/s1. The van der Waals surface area contributed by atoms with Crippen molar-refractivity contribution in [1.82, 2.24) is 4.57 Å². The fraction of sp³-hybridized carbons (Fsp3) is 0.194. The van der Waals surface area contributed by atoms with Gasteiger partial charge in [-0.05, 0) is 73.0 Å². The van der Waals surface area contributed by atoms with E-state index in [1.807, 2.05) is 12.1 Å². The summed E-state index contributed by atoms with van der Waals surface area (Å²) < 4.78 is 32.3. The number of halogens is 3. The summed E-state index contributed by atoms with van der Waals surface area (Å²) in [6, 6.07) is 15.5. The summed E-state index contributed by atoms with van der Waals surface area (Å²) in [5.74, 6) is -0.292. The van der Waals surface area contributed by atoms with E-state index in [0.29, 0.717) is 47.7 Å². The first-order valence-electron chi connectivity index (χ1n) is 12.9. The molecule has 42 heavy (non-hydrogen) atoms. The molecule has 1 atom stereocenters. The molecule has 4 aromatic rings. The highest BCUT2D eigenvalue weighted by atomic mass is 35.5. The van der Waals surface area contributed by atoms with E-state index in [9.17, 15) is 14.0 Å². The summed E-state index contributed by atoms with van der Waals surface area (Å²) in [7, 11) is 1.50. The van der Waals surface area contributed by atoms with Crippen molar-refractivity contribution in [1.29, 1.82) is 0 Å². The van der Waals surface area contributed by atoms with Gasteiger partial charge < -0.3 is 14.2 Å². The number of aromatic nitrogens is 1. The maximum atomic E-state index is 13.8. The van der Waals surface area contributed by atoms with Crippen molar-refractivity contribution in [2.75, 3.05) is 13.7 Å². The van der Waals surface area contributed by atoms with E-state index in [1.165, 1.54) is 23.8 Å². The first kappa shape index (κ1) is 29.6. The number of esters is 1. The fourth-order valence-corrected chi connectivity index (χ4v) is 6.18. The van der Waals surface area contributed by atoms with Crippen LogP contribution in [0.3, 0.4) is 0 Å². The Morgan fingerprint density at radius 2 is 1.90 bits per heavy atom. The van der Waals surface area contributed by atoms with E-state index in [4.69, 9.17) is 37.4 Å². The second kappa shape index (κ2) is 12.5. The molecule has 0 saturated heterocycles. The average Bonchev–Trinajstić information content (AvgIpc) is 3.26. The van der Waals surface area contributed by atoms with Crippen LogP contribution >= 0.6 is 34.5 Å². The van der Waals surface area contributed by atoms with E-state index < -0.39 is 17.8 Å². The van der Waals surface area contributed by atoms with Gasteiger partial charge in [-0.2, -0.15) is 0 Å². The molecule has 0 bridgehead atoms. The van der Waals surface area contributed by atoms with E-state index in [0.717, 1.165) is 16.9 Å². The third kappa shape index (κ3) is 5.99. The minimum absolute atomic E-state index is 0.150. The van der Waals surface area contributed by atoms with Crippen LogP contribution in [0.2, 0.25) is 10.0 Å². The Kier molecular flexibility index (Phi) is 8.82. The van der Waals surface area contributed by atoms with Crippen molar-refractivity contribution in [3.63, 3.8) is 0 Å². The Bertz CT molecular complexity index is 1880. The Labute approximate surface area is 254 Å². The number of benzene rings is 3. The zero-order valence-corrected chi connectivity index (χ0v) is 25.1. The molecule has 0 fully saturated rings. The summed E-state index contributed by atoms with van der Waals surface area (Å²) in [6.45, 7) is 3.76. The molecule has 2 heterocycles. The van der Waals surface area contributed by atoms with Crippen molar-refractivity contribution in [3.8, 4) is 11.5 Å². The molecule has 0 aliphatic carbocycles. The van der Waals surface area contributed by atoms with Gasteiger partial charge in [-0.15, -0.1) is 0 Å². The number of thiazole rings is 1. The number of rotatable bonds is 8.